The molecule has 3 N–H and O–H groups in total. The van der Waals surface area contributed by atoms with Crippen LogP contribution < -0.4 is 5.73 Å². The van der Waals surface area contributed by atoms with E-state index in [1.165, 1.54) is 19.3 Å². The van der Waals surface area contributed by atoms with E-state index in [0.29, 0.717) is 12.0 Å². The third-order valence-corrected chi connectivity index (χ3v) is 4.95. The molecule has 2 rings (SSSR count). The van der Waals surface area contributed by atoms with Gasteiger partial charge in [-0.25, -0.2) is 0 Å². The second-order valence-corrected chi connectivity index (χ2v) is 6.43. The molecular weight excluding hydrogens is 248 g/mol. The summed E-state index contributed by atoms with van der Waals surface area (Å²) < 4.78 is 0. The van der Waals surface area contributed by atoms with Gasteiger partial charge in [-0.3, -0.25) is 0 Å². The van der Waals surface area contributed by atoms with Crippen molar-refractivity contribution in [2.75, 3.05) is 19.6 Å². The van der Waals surface area contributed by atoms with Crippen molar-refractivity contribution in [2.45, 2.75) is 45.8 Å². The molecular formula is C17H28N2O. The lowest BCUT2D eigenvalue weighted by Crippen LogP contribution is -2.40. The minimum atomic E-state index is -0.396. The summed E-state index contributed by atoms with van der Waals surface area (Å²) in [6, 6.07) is 7.99. The number of aliphatic hydroxyl groups is 1. The highest BCUT2D eigenvalue weighted by Gasteiger charge is 2.28. The highest BCUT2D eigenvalue weighted by atomic mass is 16.3. The predicted octanol–water partition coefficient (Wildman–Crippen LogP) is 2.69. The van der Waals surface area contributed by atoms with Gasteiger partial charge in [-0.2, -0.15) is 0 Å². The quantitative estimate of drug-likeness (QED) is 0.869. The van der Waals surface area contributed by atoms with E-state index >= 15 is 0 Å². The van der Waals surface area contributed by atoms with Crippen LogP contribution in [0.4, 0.5) is 0 Å². The lowest BCUT2D eigenvalue weighted by molar-refractivity contribution is 0.0626. The summed E-state index contributed by atoms with van der Waals surface area (Å²) in [5.74, 6) is 0. The second kappa shape index (κ2) is 6.70. The summed E-state index contributed by atoms with van der Waals surface area (Å²) in [5.41, 5.74) is 8.20. The first-order chi connectivity index (χ1) is 9.56. The molecule has 0 saturated carbocycles. The molecule has 0 amide bonds. The van der Waals surface area contributed by atoms with Crippen LogP contribution in [0.25, 0.3) is 0 Å². The average molecular weight is 276 g/mol. The van der Waals surface area contributed by atoms with Gasteiger partial charge in [-0.15, -0.1) is 0 Å². The molecule has 0 bridgehead atoms. The largest absolute Gasteiger partial charge is 0.387 e. The summed E-state index contributed by atoms with van der Waals surface area (Å²) in [4.78, 5) is 2.39. The zero-order valence-electron chi connectivity index (χ0n) is 12.8. The fraction of sp³-hybridized carbons (Fsp3) is 0.647. The number of aliphatic hydroxyl groups excluding tert-OH is 1. The molecule has 1 unspecified atom stereocenters. The molecule has 0 aliphatic carbocycles. The predicted molar refractivity (Wildman–Crippen MR) is 83.4 cm³/mol. The Balaban J connectivity index is 1.87. The first-order valence-corrected chi connectivity index (χ1v) is 7.75. The van der Waals surface area contributed by atoms with Crippen molar-refractivity contribution in [1.82, 2.24) is 4.90 Å². The van der Waals surface area contributed by atoms with Crippen LogP contribution in [0.1, 0.15) is 50.3 Å². The first-order valence-electron chi connectivity index (χ1n) is 7.75. The smallest absolute Gasteiger partial charge is 0.0916 e. The molecule has 1 aliphatic heterocycles. The van der Waals surface area contributed by atoms with E-state index < -0.39 is 6.10 Å². The molecule has 0 aromatic heterocycles. The molecule has 1 aliphatic rings. The van der Waals surface area contributed by atoms with E-state index in [2.05, 4.69) is 18.7 Å². The van der Waals surface area contributed by atoms with Crippen molar-refractivity contribution < 1.29 is 5.11 Å². The normalized spacial score (nSPS) is 20.8. The number of nitrogens with zero attached hydrogens (tertiary/aromatic N) is 1. The first kappa shape index (κ1) is 15.5. The van der Waals surface area contributed by atoms with E-state index in [0.717, 1.165) is 30.8 Å². The maximum atomic E-state index is 10.4. The van der Waals surface area contributed by atoms with E-state index in [1.54, 1.807) is 0 Å². The summed E-state index contributed by atoms with van der Waals surface area (Å²) in [6.45, 7) is 8.15. The Morgan fingerprint density at radius 2 is 1.85 bits per heavy atom. The standard InChI is InChI=1S/C17H28N2O/c1-3-17(2)8-10-19(11-9-17)13-16(20)15-6-4-14(12-18)5-7-15/h4-7,16,20H,3,8-13,18H2,1-2H3. The van der Waals surface area contributed by atoms with Gasteiger partial charge >= 0.3 is 0 Å². The highest BCUT2D eigenvalue weighted by Crippen LogP contribution is 2.34. The Kier molecular flexibility index (Phi) is 5.19. The molecule has 20 heavy (non-hydrogen) atoms. The molecule has 3 heteroatoms. The van der Waals surface area contributed by atoms with Gasteiger partial charge in [0.2, 0.25) is 0 Å². The number of hydrogen-bond donors (Lipinski definition) is 2. The Morgan fingerprint density at radius 1 is 1.25 bits per heavy atom. The van der Waals surface area contributed by atoms with Crippen molar-refractivity contribution in [2.24, 2.45) is 11.1 Å². The Hall–Kier alpha value is -0.900. The van der Waals surface area contributed by atoms with Crippen LogP contribution in [0.3, 0.4) is 0 Å². The minimum absolute atomic E-state index is 0.396. The Morgan fingerprint density at radius 3 is 2.35 bits per heavy atom. The third kappa shape index (κ3) is 3.81. The Bertz CT molecular complexity index is 408. The van der Waals surface area contributed by atoms with Gasteiger partial charge in [0, 0.05) is 13.1 Å². The maximum absolute atomic E-state index is 10.4. The monoisotopic (exact) mass is 276 g/mol. The molecule has 1 saturated heterocycles. The third-order valence-electron chi connectivity index (χ3n) is 4.95. The van der Waals surface area contributed by atoms with Crippen molar-refractivity contribution in [3.05, 3.63) is 35.4 Å². The number of hydrogen-bond acceptors (Lipinski definition) is 3. The highest BCUT2D eigenvalue weighted by molar-refractivity contribution is 5.24. The molecule has 1 aromatic carbocycles. The van der Waals surface area contributed by atoms with Crippen LogP contribution in [0.15, 0.2) is 24.3 Å². The molecule has 112 valence electrons. The SMILES string of the molecule is CCC1(C)CCN(CC(O)c2ccc(CN)cc2)CC1. The molecule has 3 nitrogen and oxygen atoms in total. The summed E-state index contributed by atoms with van der Waals surface area (Å²) in [5, 5.41) is 10.4. The number of piperidine rings is 1. The molecule has 0 radical (unpaired) electrons. The van der Waals surface area contributed by atoms with Crippen molar-refractivity contribution in [3.8, 4) is 0 Å². The van der Waals surface area contributed by atoms with E-state index in [-0.39, 0.29) is 0 Å². The number of benzene rings is 1. The fourth-order valence-electron chi connectivity index (χ4n) is 2.85. The molecule has 1 fully saturated rings. The lowest BCUT2D eigenvalue weighted by atomic mass is 9.78. The van der Waals surface area contributed by atoms with Gasteiger partial charge < -0.3 is 15.7 Å². The van der Waals surface area contributed by atoms with Crippen LogP contribution in [0.5, 0.6) is 0 Å². The average Bonchev–Trinajstić information content (AvgIpc) is 2.50. The van der Waals surface area contributed by atoms with Gasteiger partial charge in [0.1, 0.15) is 0 Å². The topological polar surface area (TPSA) is 49.5 Å². The summed E-state index contributed by atoms with van der Waals surface area (Å²) in [7, 11) is 0. The molecule has 0 spiro atoms. The van der Waals surface area contributed by atoms with E-state index in [4.69, 9.17) is 5.73 Å². The fourth-order valence-corrected chi connectivity index (χ4v) is 2.85. The van der Waals surface area contributed by atoms with Gasteiger partial charge in [0.25, 0.3) is 0 Å². The minimum Gasteiger partial charge on any atom is -0.387 e. The van der Waals surface area contributed by atoms with Gasteiger partial charge in [-0.1, -0.05) is 44.5 Å². The Labute approximate surface area is 122 Å². The number of nitrogens with two attached hydrogens (primary N) is 1. The van der Waals surface area contributed by atoms with Gasteiger partial charge in [0.05, 0.1) is 6.10 Å². The number of likely N-dealkylation sites (tertiary alicyclic amines) is 1. The van der Waals surface area contributed by atoms with E-state index in [1.807, 2.05) is 24.3 Å². The zero-order valence-corrected chi connectivity index (χ0v) is 12.8. The zero-order chi connectivity index (χ0) is 14.6. The van der Waals surface area contributed by atoms with Gasteiger partial charge in [0.15, 0.2) is 0 Å². The summed E-state index contributed by atoms with van der Waals surface area (Å²) in [6.07, 6.45) is 3.34. The van der Waals surface area contributed by atoms with Crippen molar-refractivity contribution in [3.63, 3.8) is 0 Å². The summed E-state index contributed by atoms with van der Waals surface area (Å²) >= 11 is 0. The van der Waals surface area contributed by atoms with Crippen molar-refractivity contribution >= 4 is 0 Å². The number of β-amino-alcohol motifs (C(OH)–C–C–N with tert-alkyl or cyclic N) is 1. The molecule has 1 atom stereocenters. The second-order valence-electron chi connectivity index (χ2n) is 6.43. The van der Waals surface area contributed by atoms with Crippen LogP contribution in [0, 0.1) is 5.41 Å². The van der Waals surface area contributed by atoms with Crippen LogP contribution in [-0.2, 0) is 6.54 Å². The van der Waals surface area contributed by atoms with Gasteiger partial charge in [-0.05, 0) is 42.5 Å². The molecule has 1 aromatic rings. The van der Waals surface area contributed by atoms with Crippen molar-refractivity contribution in [1.29, 1.82) is 0 Å². The maximum Gasteiger partial charge on any atom is 0.0916 e. The van der Waals surface area contributed by atoms with Crippen LogP contribution >= 0.6 is 0 Å². The van der Waals surface area contributed by atoms with Crippen LogP contribution in [-0.4, -0.2) is 29.6 Å². The van der Waals surface area contributed by atoms with E-state index in [9.17, 15) is 5.11 Å². The lowest BCUT2D eigenvalue weighted by Gasteiger charge is -2.39. The van der Waals surface area contributed by atoms with Crippen LogP contribution in [0.2, 0.25) is 0 Å². The number of rotatable bonds is 5. The molecule has 1 heterocycles.